The van der Waals surface area contributed by atoms with Crippen LogP contribution in [0.5, 0.6) is 0 Å². The third-order valence-corrected chi connectivity index (χ3v) is 16.9. The lowest BCUT2D eigenvalue weighted by Crippen LogP contribution is -2.17. The van der Waals surface area contributed by atoms with Gasteiger partial charge in [-0.1, -0.05) is 259 Å². The van der Waals surface area contributed by atoms with Crippen LogP contribution in [0.3, 0.4) is 0 Å². The monoisotopic (exact) mass is 981 g/mol. The minimum atomic E-state index is -0.0575. The first-order chi connectivity index (χ1) is 36.2. The molecule has 0 saturated carbocycles. The van der Waals surface area contributed by atoms with E-state index in [1.54, 1.807) is 0 Å². The Balaban J connectivity index is 1.15. The Morgan fingerprint density at radius 3 is 1.00 bits per heavy atom. The molecule has 0 spiro atoms. The molecule has 11 aromatic rings. The summed E-state index contributed by atoms with van der Waals surface area (Å²) in [5.41, 5.74) is 28.4. The topological polar surface area (TPSA) is 0 Å². The quantitative estimate of drug-likeness (QED) is 0.151. The number of rotatable bonds is 5. The fourth-order valence-corrected chi connectivity index (χ4v) is 12.7. The molecule has 13 rings (SSSR count). The van der Waals surface area contributed by atoms with Crippen LogP contribution in [0, 0.1) is 0 Å². The van der Waals surface area contributed by atoms with Crippen LogP contribution in [0.1, 0.15) is 105 Å². The highest BCUT2D eigenvalue weighted by Gasteiger charge is 2.36. The molecule has 0 radical (unpaired) electrons. The van der Waals surface area contributed by atoms with Gasteiger partial charge in [-0.3, -0.25) is 0 Å². The lowest BCUT2D eigenvalue weighted by atomic mass is 9.75. The van der Waals surface area contributed by atoms with Gasteiger partial charge in [0.15, 0.2) is 0 Å². The van der Waals surface area contributed by atoms with Gasteiger partial charge in [-0.2, -0.15) is 0 Å². The summed E-state index contributed by atoms with van der Waals surface area (Å²) in [4.78, 5) is 0. The van der Waals surface area contributed by atoms with E-state index in [0.717, 1.165) is 0 Å². The fourth-order valence-electron chi connectivity index (χ4n) is 12.7. The van der Waals surface area contributed by atoms with Gasteiger partial charge in [0.05, 0.1) is 0 Å². The highest BCUT2D eigenvalue weighted by Crippen LogP contribution is 2.63. The van der Waals surface area contributed by atoms with Crippen LogP contribution in [-0.2, 0) is 21.7 Å². The number of fused-ring (bicyclic) bond motifs is 8. The van der Waals surface area contributed by atoms with Crippen LogP contribution in [-0.4, -0.2) is 0 Å². The summed E-state index contributed by atoms with van der Waals surface area (Å²) in [5.74, 6) is 0. The molecule has 0 amide bonds. The number of hydrogen-bond donors (Lipinski definition) is 0. The Hall–Kier alpha value is -7.80. The molecule has 2 aliphatic rings. The maximum atomic E-state index is 2.53. The van der Waals surface area contributed by atoms with Gasteiger partial charge in [0.2, 0.25) is 0 Å². The zero-order valence-corrected chi connectivity index (χ0v) is 46.5. The summed E-state index contributed by atoms with van der Waals surface area (Å²) < 4.78 is 0. The van der Waals surface area contributed by atoms with Crippen LogP contribution in [0.4, 0.5) is 0 Å². The van der Waals surface area contributed by atoms with Crippen molar-refractivity contribution in [2.75, 3.05) is 0 Å². The Morgan fingerprint density at radius 2 is 0.579 bits per heavy atom. The van der Waals surface area contributed by atoms with Crippen molar-refractivity contribution >= 4 is 32.3 Å². The Kier molecular flexibility index (Phi) is 10.6. The summed E-state index contributed by atoms with van der Waals surface area (Å²) in [5, 5.41) is 7.85. The first kappa shape index (κ1) is 47.9. The largest absolute Gasteiger partial charge is 0.0622 e. The first-order valence-electron chi connectivity index (χ1n) is 27.6. The van der Waals surface area contributed by atoms with E-state index in [-0.39, 0.29) is 21.7 Å². The fraction of sp³-hybridized carbons (Fsp3) is 0.211. The van der Waals surface area contributed by atoms with Crippen LogP contribution < -0.4 is 0 Å². The lowest BCUT2D eigenvalue weighted by molar-refractivity contribution is 0.568. The van der Waals surface area contributed by atoms with Crippen LogP contribution in [0.25, 0.3) is 132 Å². The molecule has 0 N–H and O–H groups in total. The number of benzene rings is 11. The predicted octanol–water partition coefficient (Wildman–Crippen LogP) is 22.0. The van der Waals surface area contributed by atoms with Crippen molar-refractivity contribution in [3.63, 3.8) is 0 Å². The molecular formula is C76H68. The molecule has 0 atom stereocenters. The normalized spacial score (nSPS) is 13.0. The van der Waals surface area contributed by atoms with E-state index in [2.05, 4.69) is 277 Å². The molecule has 0 bridgehead atoms. The molecule has 0 saturated heterocycles. The van der Waals surface area contributed by atoms with E-state index in [4.69, 9.17) is 0 Å². The molecule has 2 aliphatic carbocycles. The maximum Gasteiger partial charge on any atom is -0.000740 e. The second-order valence-corrected chi connectivity index (χ2v) is 26.1. The average molecular weight is 981 g/mol. The molecule has 0 unspecified atom stereocenters. The van der Waals surface area contributed by atoms with Crippen molar-refractivity contribution in [2.45, 2.75) is 105 Å². The molecule has 0 nitrogen and oxygen atoms in total. The Bertz CT molecular complexity index is 3940. The van der Waals surface area contributed by atoms with Crippen molar-refractivity contribution in [2.24, 2.45) is 0 Å². The van der Waals surface area contributed by atoms with Crippen LogP contribution in [0.15, 0.2) is 194 Å². The average Bonchev–Trinajstić information content (AvgIpc) is 4.09. The molecule has 11 aromatic carbocycles. The minimum Gasteiger partial charge on any atom is -0.0622 e. The van der Waals surface area contributed by atoms with Gasteiger partial charge in [0.25, 0.3) is 0 Å². The number of hydrogen-bond acceptors (Lipinski definition) is 0. The van der Waals surface area contributed by atoms with Crippen molar-refractivity contribution in [3.8, 4) is 100 Å². The minimum absolute atomic E-state index is 0.0575. The molecular weight excluding hydrogens is 913 g/mol. The SMILES string of the molecule is CC(C)(C)c1cc(-c2c3c(c(-c4cc(C(C)(C)C)cc(C(C)(C)C)c4)c4cc5ccccc5cc24)-c2ccc4c5c(ccc-3c25)-c2ccc(-c3c(-c5ccccc5)cccc3-c3ccccc3)cc2-4)cc(C(C)(C)C)c1. The van der Waals surface area contributed by atoms with Crippen molar-refractivity contribution < 1.29 is 0 Å². The van der Waals surface area contributed by atoms with Gasteiger partial charge in [-0.15, -0.1) is 0 Å². The second kappa shape index (κ2) is 16.9. The first-order valence-corrected chi connectivity index (χ1v) is 27.6. The van der Waals surface area contributed by atoms with Gasteiger partial charge >= 0.3 is 0 Å². The molecule has 0 heterocycles. The van der Waals surface area contributed by atoms with Gasteiger partial charge in [0.1, 0.15) is 0 Å². The van der Waals surface area contributed by atoms with Crippen LogP contribution >= 0.6 is 0 Å². The molecule has 0 heteroatoms. The van der Waals surface area contributed by atoms with Gasteiger partial charge in [-0.25, -0.2) is 0 Å². The van der Waals surface area contributed by atoms with Crippen molar-refractivity contribution in [1.29, 1.82) is 0 Å². The van der Waals surface area contributed by atoms with E-state index in [1.165, 1.54) is 155 Å². The van der Waals surface area contributed by atoms with E-state index >= 15 is 0 Å². The van der Waals surface area contributed by atoms with E-state index in [1.807, 2.05) is 0 Å². The summed E-state index contributed by atoms with van der Waals surface area (Å²) in [6.07, 6.45) is 0. The van der Waals surface area contributed by atoms with Gasteiger partial charge in [-0.05, 0) is 195 Å². The van der Waals surface area contributed by atoms with Gasteiger partial charge in [0, 0.05) is 0 Å². The van der Waals surface area contributed by atoms with E-state index in [0.29, 0.717) is 0 Å². The zero-order valence-electron chi connectivity index (χ0n) is 46.5. The van der Waals surface area contributed by atoms with Crippen LogP contribution in [0.2, 0.25) is 0 Å². The molecule has 76 heavy (non-hydrogen) atoms. The zero-order chi connectivity index (χ0) is 52.8. The maximum absolute atomic E-state index is 2.53. The standard InChI is InChI=1S/C76H68/c1-73(2,3)52-36-50(37-53(43-52)74(4,5)6)67-64-40-47-26-19-20-27-48(47)41-65(64)68(51-38-54(75(7,8)9)44-55(39-51)76(10,11)12)72-62-35-33-60-63-42-49(30-31-58(63)59-32-34-61(71(67)72)70(62)69(59)60)66-56(45-22-15-13-16-23-45)28-21-29-57(66)46-24-17-14-18-25-46/h13-44H,1-12H3. The third kappa shape index (κ3) is 7.62. The highest BCUT2D eigenvalue weighted by molar-refractivity contribution is 6.33. The third-order valence-electron chi connectivity index (χ3n) is 16.9. The molecule has 0 aliphatic heterocycles. The highest BCUT2D eigenvalue weighted by atomic mass is 14.4. The lowest BCUT2D eigenvalue weighted by Gasteiger charge is -2.29. The predicted molar refractivity (Wildman–Crippen MR) is 330 cm³/mol. The molecule has 0 aromatic heterocycles. The van der Waals surface area contributed by atoms with E-state index < -0.39 is 0 Å². The van der Waals surface area contributed by atoms with Crippen molar-refractivity contribution in [3.05, 3.63) is 216 Å². The Morgan fingerprint density at radius 1 is 0.211 bits per heavy atom. The van der Waals surface area contributed by atoms with E-state index in [9.17, 15) is 0 Å². The summed E-state index contributed by atoms with van der Waals surface area (Å²) in [7, 11) is 0. The summed E-state index contributed by atoms with van der Waals surface area (Å²) in [6, 6.07) is 74.9. The molecule has 0 fully saturated rings. The second-order valence-electron chi connectivity index (χ2n) is 26.1. The smallest absolute Gasteiger partial charge is 0.000740 e. The Labute approximate surface area is 451 Å². The summed E-state index contributed by atoms with van der Waals surface area (Å²) >= 11 is 0. The van der Waals surface area contributed by atoms with Crippen molar-refractivity contribution in [1.82, 2.24) is 0 Å². The summed E-state index contributed by atoms with van der Waals surface area (Å²) in [6.45, 7) is 28.4. The molecule has 372 valence electrons. The van der Waals surface area contributed by atoms with Gasteiger partial charge < -0.3 is 0 Å².